The van der Waals surface area contributed by atoms with Gasteiger partial charge in [-0.1, -0.05) is 24.3 Å². The molecule has 0 radical (unpaired) electrons. The van der Waals surface area contributed by atoms with Crippen molar-refractivity contribution in [2.45, 2.75) is 13.2 Å². The highest BCUT2D eigenvalue weighted by molar-refractivity contribution is 14.0. The molecule has 0 bridgehead atoms. The summed E-state index contributed by atoms with van der Waals surface area (Å²) in [6.07, 6.45) is 0. The Morgan fingerprint density at radius 2 is 1.80 bits per heavy atom. The minimum absolute atomic E-state index is 0. The van der Waals surface area contributed by atoms with Gasteiger partial charge in [-0.2, -0.15) is 0 Å². The minimum atomic E-state index is 0. The third-order valence-corrected chi connectivity index (χ3v) is 2.69. The van der Waals surface area contributed by atoms with E-state index in [-0.39, 0.29) is 24.0 Å². The Kier molecular flexibility index (Phi) is 11.4. The van der Waals surface area contributed by atoms with Gasteiger partial charge in [0.2, 0.25) is 0 Å². The lowest BCUT2D eigenvalue weighted by molar-refractivity contribution is 0.184. The van der Waals surface area contributed by atoms with Crippen LogP contribution in [0.5, 0.6) is 0 Å². The summed E-state index contributed by atoms with van der Waals surface area (Å²) >= 11 is 0. The quantitative estimate of drug-likeness (QED) is 0.321. The molecule has 6 heteroatoms. The number of aliphatic imine (C=N–C) groups is 1. The van der Waals surface area contributed by atoms with Gasteiger partial charge in [-0.05, 0) is 11.1 Å². The predicted octanol–water partition coefficient (Wildman–Crippen LogP) is 1.76. The molecule has 0 atom stereocenters. The summed E-state index contributed by atoms with van der Waals surface area (Å²) in [7, 11) is 5.14. The molecule has 0 saturated heterocycles. The van der Waals surface area contributed by atoms with Crippen molar-refractivity contribution in [2.24, 2.45) is 4.99 Å². The number of halogens is 1. The summed E-state index contributed by atoms with van der Waals surface area (Å²) in [5, 5.41) is 6.45. The SMILES string of the molecule is CN=C(NCCOC)NCc1ccccc1COC.I. The average Bonchev–Trinajstić information content (AvgIpc) is 2.44. The predicted molar refractivity (Wildman–Crippen MR) is 92.6 cm³/mol. The molecule has 2 N–H and O–H groups in total. The Hall–Kier alpha value is -0.860. The van der Waals surface area contributed by atoms with Gasteiger partial charge in [0, 0.05) is 34.4 Å². The van der Waals surface area contributed by atoms with Crippen molar-refractivity contribution in [1.29, 1.82) is 0 Å². The Bertz CT molecular complexity index is 400. The fraction of sp³-hybridized carbons (Fsp3) is 0.500. The molecular formula is C14H24IN3O2. The van der Waals surface area contributed by atoms with Gasteiger partial charge >= 0.3 is 0 Å². The van der Waals surface area contributed by atoms with Crippen LogP contribution in [0.1, 0.15) is 11.1 Å². The van der Waals surface area contributed by atoms with Crippen molar-refractivity contribution < 1.29 is 9.47 Å². The Balaban J connectivity index is 0.00000361. The topological polar surface area (TPSA) is 54.9 Å². The Morgan fingerprint density at radius 1 is 1.10 bits per heavy atom. The fourth-order valence-corrected chi connectivity index (χ4v) is 1.70. The van der Waals surface area contributed by atoms with Gasteiger partial charge in [0.1, 0.15) is 0 Å². The van der Waals surface area contributed by atoms with E-state index in [0.29, 0.717) is 19.8 Å². The first-order chi connectivity index (χ1) is 9.31. The van der Waals surface area contributed by atoms with E-state index in [1.807, 2.05) is 12.1 Å². The maximum Gasteiger partial charge on any atom is 0.191 e. The van der Waals surface area contributed by atoms with Gasteiger partial charge in [-0.15, -0.1) is 24.0 Å². The molecule has 114 valence electrons. The molecule has 1 aromatic carbocycles. The lowest BCUT2D eigenvalue weighted by atomic mass is 10.1. The Labute approximate surface area is 138 Å². The van der Waals surface area contributed by atoms with Crippen LogP contribution in [0.15, 0.2) is 29.3 Å². The first kappa shape index (κ1) is 19.1. The van der Waals surface area contributed by atoms with Crippen LogP contribution in [0.25, 0.3) is 0 Å². The van der Waals surface area contributed by atoms with E-state index >= 15 is 0 Å². The van der Waals surface area contributed by atoms with E-state index in [1.54, 1.807) is 21.3 Å². The molecule has 0 amide bonds. The van der Waals surface area contributed by atoms with Crippen LogP contribution >= 0.6 is 24.0 Å². The standard InChI is InChI=1S/C14H23N3O2.HI/c1-15-14(16-8-9-18-2)17-10-12-6-4-5-7-13(12)11-19-3;/h4-7H,8-11H2,1-3H3,(H2,15,16,17);1H. The summed E-state index contributed by atoms with van der Waals surface area (Å²) in [5.41, 5.74) is 2.39. The lowest BCUT2D eigenvalue weighted by Crippen LogP contribution is -2.38. The molecule has 1 rings (SSSR count). The molecule has 0 fully saturated rings. The van der Waals surface area contributed by atoms with E-state index in [1.165, 1.54) is 11.1 Å². The van der Waals surface area contributed by atoms with Crippen molar-refractivity contribution in [2.75, 3.05) is 34.4 Å². The van der Waals surface area contributed by atoms with Crippen LogP contribution in [-0.4, -0.2) is 40.4 Å². The van der Waals surface area contributed by atoms with Crippen molar-refractivity contribution in [3.8, 4) is 0 Å². The molecule has 5 nitrogen and oxygen atoms in total. The van der Waals surface area contributed by atoms with Gasteiger partial charge in [-0.25, -0.2) is 0 Å². The minimum Gasteiger partial charge on any atom is -0.383 e. The van der Waals surface area contributed by atoms with E-state index < -0.39 is 0 Å². The third kappa shape index (κ3) is 7.06. The van der Waals surface area contributed by atoms with Gasteiger partial charge in [0.05, 0.1) is 13.2 Å². The normalized spacial score (nSPS) is 10.8. The maximum atomic E-state index is 5.19. The smallest absolute Gasteiger partial charge is 0.191 e. The zero-order chi connectivity index (χ0) is 13.9. The van der Waals surface area contributed by atoms with E-state index in [9.17, 15) is 0 Å². The van der Waals surface area contributed by atoms with Gasteiger partial charge in [0.25, 0.3) is 0 Å². The van der Waals surface area contributed by atoms with Gasteiger partial charge in [0.15, 0.2) is 5.96 Å². The number of benzene rings is 1. The zero-order valence-electron chi connectivity index (χ0n) is 12.3. The molecular weight excluding hydrogens is 369 g/mol. The van der Waals surface area contributed by atoms with Crippen molar-refractivity contribution in [3.05, 3.63) is 35.4 Å². The summed E-state index contributed by atoms with van der Waals surface area (Å²) in [4.78, 5) is 4.16. The van der Waals surface area contributed by atoms with Gasteiger partial charge < -0.3 is 20.1 Å². The summed E-state index contributed by atoms with van der Waals surface area (Å²) < 4.78 is 10.2. The van der Waals surface area contributed by atoms with Gasteiger partial charge in [-0.3, -0.25) is 4.99 Å². The highest BCUT2D eigenvalue weighted by Crippen LogP contribution is 2.09. The second-order valence-electron chi connectivity index (χ2n) is 4.05. The number of ether oxygens (including phenoxy) is 2. The van der Waals surface area contributed by atoms with Crippen molar-refractivity contribution in [1.82, 2.24) is 10.6 Å². The number of guanidine groups is 1. The molecule has 0 saturated carbocycles. The molecule has 20 heavy (non-hydrogen) atoms. The molecule has 0 aliphatic carbocycles. The highest BCUT2D eigenvalue weighted by atomic mass is 127. The fourth-order valence-electron chi connectivity index (χ4n) is 1.70. The number of methoxy groups -OCH3 is 2. The molecule has 0 aromatic heterocycles. The molecule has 0 aliphatic heterocycles. The number of rotatable bonds is 7. The van der Waals surface area contributed by atoms with E-state index in [4.69, 9.17) is 9.47 Å². The second-order valence-corrected chi connectivity index (χ2v) is 4.05. The monoisotopic (exact) mass is 393 g/mol. The number of nitrogens with one attached hydrogen (secondary N) is 2. The molecule has 0 aliphatic rings. The highest BCUT2D eigenvalue weighted by Gasteiger charge is 2.02. The molecule has 0 heterocycles. The summed E-state index contributed by atoms with van der Waals surface area (Å²) in [5.74, 6) is 0.768. The average molecular weight is 393 g/mol. The number of nitrogens with zero attached hydrogens (tertiary/aromatic N) is 1. The van der Waals surface area contributed by atoms with E-state index in [2.05, 4.69) is 27.8 Å². The van der Waals surface area contributed by atoms with Crippen molar-refractivity contribution in [3.63, 3.8) is 0 Å². The lowest BCUT2D eigenvalue weighted by Gasteiger charge is -2.13. The largest absolute Gasteiger partial charge is 0.383 e. The molecule has 0 unspecified atom stereocenters. The third-order valence-electron chi connectivity index (χ3n) is 2.69. The number of hydrogen-bond donors (Lipinski definition) is 2. The van der Waals surface area contributed by atoms with Crippen LogP contribution in [0.3, 0.4) is 0 Å². The van der Waals surface area contributed by atoms with E-state index in [0.717, 1.165) is 12.5 Å². The van der Waals surface area contributed by atoms with Crippen LogP contribution in [-0.2, 0) is 22.6 Å². The first-order valence-corrected chi connectivity index (χ1v) is 6.31. The van der Waals surface area contributed by atoms with Crippen LogP contribution in [0, 0.1) is 0 Å². The zero-order valence-corrected chi connectivity index (χ0v) is 14.6. The first-order valence-electron chi connectivity index (χ1n) is 6.31. The van der Waals surface area contributed by atoms with Crippen LogP contribution in [0.4, 0.5) is 0 Å². The van der Waals surface area contributed by atoms with Crippen LogP contribution in [0.2, 0.25) is 0 Å². The summed E-state index contributed by atoms with van der Waals surface area (Å²) in [6.45, 7) is 2.72. The second kappa shape index (κ2) is 11.9. The molecule has 0 spiro atoms. The van der Waals surface area contributed by atoms with Crippen LogP contribution < -0.4 is 10.6 Å². The van der Waals surface area contributed by atoms with Crippen molar-refractivity contribution >= 4 is 29.9 Å². The Morgan fingerprint density at radius 3 is 2.40 bits per heavy atom. The number of hydrogen-bond acceptors (Lipinski definition) is 3. The maximum absolute atomic E-state index is 5.19. The summed E-state index contributed by atoms with van der Waals surface area (Å²) in [6, 6.07) is 8.20. The molecule has 1 aromatic rings.